The molecule has 0 radical (unpaired) electrons. The van der Waals surface area contributed by atoms with Gasteiger partial charge in [0.05, 0.1) is 16.0 Å². The Morgan fingerprint density at radius 1 is 1.12 bits per heavy atom. The molecule has 0 bridgehead atoms. The molecule has 0 aliphatic heterocycles. The van der Waals surface area contributed by atoms with E-state index in [0.717, 1.165) is 25.7 Å². The number of hydrogen-bond donors (Lipinski definition) is 1. The van der Waals surface area contributed by atoms with Crippen LogP contribution in [0.15, 0.2) is 29.2 Å². The van der Waals surface area contributed by atoms with Crippen LogP contribution in [-0.4, -0.2) is 15.5 Å². The SMILES string of the molecule is NC1CCCCCC1S(=O)c1ccc(F)cc1. The Morgan fingerprint density at radius 2 is 1.76 bits per heavy atom. The van der Waals surface area contributed by atoms with Crippen molar-refractivity contribution in [3.8, 4) is 0 Å². The van der Waals surface area contributed by atoms with Gasteiger partial charge in [0.25, 0.3) is 0 Å². The lowest BCUT2D eigenvalue weighted by Crippen LogP contribution is -2.36. The van der Waals surface area contributed by atoms with Gasteiger partial charge in [0.1, 0.15) is 5.82 Å². The van der Waals surface area contributed by atoms with Gasteiger partial charge in [-0.1, -0.05) is 19.3 Å². The van der Waals surface area contributed by atoms with E-state index in [-0.39, 0.29) is 17.1 Å². The molecule has 2 N–H and O–H groups in total. The molecular weight excluding hydrogens is 237 g/mol. The van der Waals surface area contributed by atoms with Gasteiger partial charge in [-0.25, -0.2) is 4.39 Å². The molecule has 0 heterocycles. The molecule has 1 aliphatic rings. The molecule has 1 fully saturated rings. The maximum absolute atomic E-state index is 12.8. The predicted molar refractivity (Wildman–Crippen MR) is 67.7 cm³/mol. The zero-order valence-corrected chi connectivity index (χ0v) is 10.6. The summed E-state index contributed by atoms with van der Waals surface area (Å²) in [6.45, 7) is 0. The van der Waals surface area contributed by atoms with E-state index in [9.17, 15) is 8.60 Å². The normalized spacial score (nSPS) is 27.4. The smallest absolute Gasteiger partial charge is 0.123 e. The summed E-state index contributed by atoms with van der Waals surface area (Å²) in [5.41, 5.74) is 6.08. The van der Waals surface area contributed by atoms with Crippen molar-refractivity contribution in [2.45, 2.75) is 48.3 Å². The second kappa shape index (κ2) is 5.74. The van der Waals surface area contributed by atoms with Crippen LogP contribution in [0.1, 0.15) is 32.1 Å². The number of halogens is 1. The van der Waals surface area contributed by atoms with E-state index in [1.54, 1.807) is 12.1 Å². The summed E-state index contributed by atoms with van der Waals surface area (Å²) in [5.74, 6) is -0.295. The molecule has 0 aromatic heterocycles. The molecule has 0 saturated heterocycles. The van der Waals surface area contributed by atoms with Crippen molar-refractivity contribution in [1.82, 2.24) is 0 Å². The minimum Gasteiger partial charge on any atom is -0.327 e. The zero-order chi connectivity index (χ0) is 12.3. The Morgan fingerprint density at radius 3 is 2.47 bits per heavy atom. The molecule has 0 amide bonds. The molecule has 3 unspecified atom stereocenters. The van der Waals surface area contributed by atoms with Gasteiger partial charge in [0.15, 0.2) is 0 Å². The first-order valence-corrected chi connectivity index (χ1v) is 7.31. The molecular formula is C13H18FNOS. The fourth-order valence-electron chi connectivity index (χ4n) is 2.31. The lowest BCUT2D eigenvalue weighted by Gasteiger charge is -2.20. The van der Waals surface area contributed by atoms with Gasteiger partial charge < -0.3 is 5.73 Å². The third-order valence-corrected chi connectivity index (χ3v) is 5.20. The van der Waals surface area contributed by atoms with Crippen molar-refractivity contribution in [3.63, 3.8) is 0 Å². The standard InChI is InChI=1S/C13H18FNOS/c14-10-6-8-11(9-7-10)17(16)13-5-3-1-2-4-12(13)15/h6-9,12-13H,1-5,15H2. The van der Waals surface area contributed by atoms with E-state index in [1.165, 1.54) is 18.6 Å². The van der Waals surface area contributed by atoms with E-state index < -0.39 is 10.8 Å². The molecule has 17 heavy (non-hydrogen) atoms. The van der Waals surface area contributed by atoms with Crippen molar-refractivity contribution in [1.29, 1.82) is 0 Å². The van der Waals surface area contributed by atoms with Crippen LogP contribution in [0.2, 0.25) is 0 Å². The Labute approximate surface area is 104 Å². The number of hydrogen-bond acceptors (Lipinski definition) is 2. The molecule has 0 spiro atoms. The van der Waals surface area contributed by atoms with Gasteiger partial charge in [-0.05, 0) is 37.1 Å². The second-order valence-electron chi connectivity index (χ2n) is 4.59. The number of rotatable bonds is 2. The molecule has 94 valence electrons. The topological polar surface area (TPSA) is 43.1 Å². The predicted octanol–water partition coefficient (Wildman–Crippen LogP) is 2.59. The van der Waals surface area contributed by atoms with Crippen LogP contribution in [0.5, 0.6) is 0 Å². The highest BCUT2D eigenvalue weighted by Crippen LogP contribution is 2.24. The van der Waals surface area contributed by atoms with E-state index in [1.807, 2.05) is 0 Å². The Kier molecular flexibility index (Phi) is 4.29. The Bertz CT molecular complexity index is 393. The fraction of sp³-hybridized carbons (Fsp3) is 0.538. The summed E-state index contributed by atoms with van der Waals surface area (Å²) in [4.78, 5) is 0.689. The van der Waals surface area contributed by atoms with Gasteiger partial charge in [-0.2, -0.15) is 0 Å². The van der Waals surface area contributed by atoms with E-state index in [4.69, 9.17) is 5.73 Å². The first kappa shape index (κ1) is 12.7. The molecule has 2 nitrogen and oxygen atoms in total. The van der Waals surface area contributed by atoms with Crippen LogP contribution in [-0.2, 0) is 10.8 Å². The highest BCUT2D eigenvalue weighted by Gasteiger charge is 2.26. The monoisotopic (exact) mass is 255 g/mol. The molecule has 1 saturated carbocycles. The van der Waals surface area contributed by atoms with Crippen LogP contribution >= 0.6 is 0 Å². The third kappa shape index (κ3) is 3.13. The van der Waals surface area contributed by atoms with Crippen molar-refractivity contribution in [2.75, 3.05) is 0 Å². The van der Waals surface area contributed by atoms with Gasteiger partial charge >= 0.3 is 0 Å². The zero-order valence-electron chi connectivity index (χ0n) is 9.77. The lowest BCUT2D eigenvalue weighted by atomic mass is 10.1. The Hall–Kier alpha value is -0.740. The molecule has 1 aromatic rings. The van der Waals surface area contributed by atoms with Crippen molar-refractivity contribution >= 4 is 10.8 Å². The quantitative estimate of drug-likeness (QED) is 0.825. The van der Waals surface area contributed by atoms with Gasteiger partial charge in [-0.3, -0.25) is 4.21 Å². The fourth-order valence-corrected chi connectivity index (χ4v) is 3.90. The van der Waals surface area contributed by atoms with E-state index >= 15 is 0 Å². The second-order valence-corrected chi connectivity index (χ2v) is 6.26. The minimum absolute atomic E-state index is 0.00314. The van der Waals surface area contributed by atoms with Crippen LogP contribution in [0.25, 0.3) is 0 Å². The summed E-state index contributed by atoms with van der Waals surface area (Å²) >= 11 is 0. The summed E-state index contributed by atoms with van der Waals surface area (Å²) < 4.78 is 25.2. The molecule has 1 aromatic carbocycles. The van der Waals surface area contributed by atoms with Crippen LogP contribution < -0.4 is 5.73 Å². The maximum atomic E-state index is 12.8. The first-order chi connectivity index (χ1) is 8.18. The number of benzene rings is 1. The van der Waals surface area contributed by atoms with Crippen LogP contribution in [0.3, 0.4) is 0 Å². The number of nitrogens with two attached hydrogens (primary N) is 1. The lowest BCUT2D eigenvalue weighted by molar-refractivity contribution is 0.574. The highest BCUT2D eigenvalue weighted by molar-refractivity contribution is 7.85. The average molecular weight is 255 g/mol. The minimum atomic E-state index is -1.11. The van der Waals surface area contributed by atoms with Gasteiger partial charge in [0.2, 0.25) is 0 Å². The highest BCUT2D eigenvalue weighted by atomic mass is 32.2. The summed E-state index contributed by atoms with van der Waals surface area (Å²) in [5, 5.41) is 0.0166. The summed E-state index contributed by atoms with van der Waals surface area (Å²) in [7, 11) is -1.11. The van der Waals surface area contributed by atoms with Gasteiger partial charge in [0, 0.05) is 10.9 Å². The van der Waals surface area contributed by atoms with Crippen molar-refractivity contribution in [3.05, 3.63) is 30.1 Å². The summed E-state index contributed by atoms with van der Waals surface area (Å²) in [6, 6.07) is 5.92. The van der Waals surface area contributed by atoms with Crippen LogP contribution in [0, 0.1) is 5.82 Å². The van der Waals surface area contributed by atoms with E-state index in [0.29, 0.717) is 4.90 Å². The van der Waals surface area contributed by atoms with Crippen molar-refractivity contribution in [2.24, 2.45) is 5.73 Å². The third-order valence-electron chi connectivity index (χ3n) is 3.32. The Balaban J connectivity index is 2.15. The van der Waals surface area contributed by atoms with E-state index in [2.05, 4.69) is 0 Å². The molecule has 3 atom stereocenters. The molecule has 1 aliphatic carbocycles. The molecule has 2 rings (SSSR count). The largest absolute Gasteiger partial charge is 0.327 e. The molecule has 4 heteroatoms. The van der Waals surface area contributed by atoms with Crippen molar-refractivity contribution < 1.29 is 8.60 Å². The maximum Gasteiger partial charge on any atom is 0.123 e. The average Bonchev–Trinajstić information content (AvgIpc) is 2.54. The van der Waals surface area contributed by atoms with Crippen LogP contribution in [0.4, 0.5) is 4.39 Å². The first-order valence-electron chi connectivity index (χ1n) is 6.10. The summed E-state index contributed by atoms with van der Waals surface area (Å²) in [6.07, 6.45) is 5.23. The van der Waals surface area contributed by atoms with Gasteiger partial charge in [-0.15, -0.1) is 0 Å².